The minimum absolute atomic E-state index is 0.390. The maximum Gasteiger partial charge on any atom is 0.244 e. The summed E-state index contributed by atoms with van der Waals surface area (Å²) in [5.41, 5.74) is 9.37. The molecule has 1 saturated carbocycles. The number of nitrogens with two attached hydrogens (primary N) is 1. The second-order valence-electron chi connectivity index (χ2n) is 5.98. The van der Waals surface area contributed by atoms with Gasteiger partial charge in [0.15, 0.2) is 0 Å². The molecule has 6 heteroatoms. The van der Waals surface area contributed by atoms with Crippen LogP contribution >= 0.6 is 12.6 Å². The number of fused-ring (bicyclic) bond motifs is 1. The quantitative estimate of drug-likeness (QED) is 0.567. The van der Waals surface area contributed by atoms with Crippen molar-refractivity contribution in [2.45, 2.75) is 18.8 Å². The molecule has 1 aliphatic carbocycles. The van der Waals surface area contributed by atoms with Crippen LogP contribution in [-0.4, -0.2) is 20.7 Å². The predicted molar refractivity (Wildman–Crippen MR) is 97.4 cm³/mol. The Morgan fingerprint density at radius 3 is 2.67 bits per heavy atom. The monoisotopic (exact) mass is 336 g/mol. The lowest BCUT2D eigenvalue weighted by molar-refractivity contribution is -0.113. The van der Waals surface area contributed by atoms with Gasteiger partial charge < -0.3 is 5.73 Å². The molecule has 0 atom stereocenters. The molecular weight excluding hydrogens is 320 g/mol. The van der Waals surface area contributed by atoms with Crippen LogP contribution < -0.4 is 5.73 Å². The second kappa shape index (κ2) is 5.79. The van der Waals surface area contributed by atoms with E-state index >= 15 is 0 Å². The van der Waals surface area contributed by atoms with Crippen LogP contribution in [0.5, 0.6) is 0 Å². The Morgan fingerprint density at radius 2 is 2.00 bits per heavy atom. The molecule has 24 heavy (non-hydrogen) atoms. The molecule has 1 aromatic carbocycles. The zero-order chi connectivity index (χ0) is 16.7. The van der Waals surface area contributed by atoms with Crippen LogP contribution in [0.15, 0.2) is 48.8 Å². The second-order valence-corrected chi connectivity index (χ2v) is 6.44. The number of benzene rings is 1. The molecule has 0 bridgehead atoms. The summed E-state index contributed by atoms with van der Waals surface area (Å²) < 4.78 is 1.58. The lowest BCUT2D eigenvalue weighted by Gasteiger charge is -2.05. The fourth-order valence-electron chi connectivity index (χ4n) is 2.78. The van der Waals surface area contributed by atoms with Crippen LogP contribution in [0.4, 0.5) is 0 Å². The van der Waals surface area contributed by atoms with Crippen LogP contribution in [0.2, 0.25) is 0 Å². The first-order valence-corrected chi connectivity index (χ1v) is 8.21. The van der Waals surface area contributed by atoms with Crippen molar-refractivity contribution in [1.29, 1.82) is 0 Å². The first kappa shape index (κ1) is 15.0. The molecule has 0 spiro atoms. The highest BCUT2D eigenvalue weighted by Gasteiger charge is 2.24. The van der Waals surface area contributed by atoms with E-state index < -0.39 is 5.91 Å². The first-order valence-electron chi connectivity index (χ1n) is 7.76. The lowest BCUT2D eigenvalue weighted by Crippen LogP contribution is -2.08. The Hall–Kier alpha value is -2.60. The summed E-state index contributed by atoms with van der Waals surface area (Å²) in [4.78, 5) is 15.6. The molecule has 4 rings (SSSR count). The van der Waals surface area contributed by atoms with Crippen molar-refractivity contribution in [3.05, 3.63) is 54.5 Å². The van der Waals surface area contributed by atoms with Gasteiger partial charge in [-0.1, -0.05) is 12.1 Å². The minimum Gasteiger partial charge on any atom is -0.366 e. The van der Waals surface area contributed by atoms with E-state index in [0.717, 1.165) is 22.0 Å². The van der Waals surface area contributed by atoms with Crippen molar-refractivity contribution in [1.82, 2.24) is 14.8 Å². The number of aromatic nitrogens is 3. The van der Waals surface area contributed by atoms with Crippen LogP contribution in [0, 0.1) is 0 Å². The van der Waals surface area contributed by atoms with Gasteiger partial charge in [0.25, 0.3) is 0 Å². The zero-order valence-electron chi connectivity index (χ0n) is 12.9. The largest absolute Gasteiger partial charge is 0.366 e. The van der Waals surface area contributed by atoms with E-state index in [2.05, 4.69) is 40.9 Å². The number of rotatable bonds is 4. The van der Waals surface area contributed by atoms with Crippen molar-refractivity contribution in [2.75, 3.05) is 0 Å². The number of hydrogen-bond acceptors (Lipinski definition) is 4. The molecule has 1 fully saturated rings. The molecule has 2 heterocycles. The third-order valence-electron chi connectivity index (χ3n) is 4.17. The van der Waals surface area contributed by atoms with E-state index in [1.807, 2.05) is 18.3 Å². The number of hydrogen-bond donors (Lipinski definition) is 2. The number of primary amides is 1. The molecule has 0 aliphatic heterocycles. The predicted octanol–water partition coefficient (Wildman–Crippen LogP) is 3.19. The summed E-state index contributed by atoms with van der Waals surface area (Å²) in [5, 5.41) is 5.63. The maximum absolute atomic E-state index is 11.0. The molecule has 120 valence electrons. The fraction of sp³-hybridized carbons (Fsp3) is 0.167. The summed E-state index contributed by atoms with van der Waals surface area (Å²) in [6.45, 7) is 0. The van der Waals surface area contributed by atoms with E-state index in [9.17, 15) is 4.79 Å². The van der Waals surface area contributed by atoms with E-state index in [4.69, 9.17) is 5.73 Å². The fourth-order valence-corrected chi connectivity index (χ4v) is 3.07. The first-order chi connectivity index (χ1) is 11.6. The third-order valence-corrected chi connectivity index (χ3v) is 4.49. The van der Waals surface area contributed by atoms with Crippen LogP contribution in [0.25, 0.3) is 27.1 Å². The topological polar surface area (TPSA) is 73.8 Å². The van der Waals surface area contributed by atoms with Crippen molar-refractivity contribution in [3.63, 3.8) is 0 Å². The maximum atomic E-state index is 11.0. The molecule has 2 aromatic heterocycles. The van der Waals surface area contributed by atoms with Gasteiger partial charge in [0.05, 0.1) is 11.7 Å². The van der Waals surface area contributed by atoms with E-state index in [0.29, 0.717) is 10.9 Å². The average Bonchev–Trinajstić information content (AvgIpc) is 3.33. The molecule has 1 aliphatic rings. The molecule has 0 saturated heterocycles. The van der Waals surface area contributed by atoms with Crippen LogP contribution in [-0.2, 0) is 4.79 Å². The number of thiol groups is 1. The van der Waals surface area contributed by atoms with Gasteiger partial charge in [-0.05, 0) is 36.6 Å². The van der Waals surface area contributed by atoms with Gasteiger partial charge in [-0.2, -0.15) is 5.10 Å². The molecule has 3 aromatic rings. The summed E-state index contributed by atoms with van der Waals surface area (Å²) >= 11 is 4.28. The van der Waals surface area contributed by atoms with Crippen LogP contribution in [0.3, 0.4) is 0 Å². The lowest BCUT2D eigenvalue weighted by atomic mass is 10.1. The zero-order valence-corrected chi connectivity index (χ0v) is 13.8. The highest BCUT2D eigenvalue weighted by atomic mass is 32.1. The molecule has 0 radical (unpaired) electrons. The summed E-state index contributed by atoms with van der Waals surface area (Å²) in [7, 11) is 0. The number of amides is 1. The highest BCUT2D eigenvalue weighted by molar-refractivity contribution is 7.90. The Balaban J connectivity index is 1.70. The van der Waals surface area contributed by atoms with Gasteiger partial charge in [0.1, 0.15) is 5.03 Å². The van der Waals surface area contributed by atoms with Crippen molar-refractivity contribution >= 4 is 34.5 Å². The SMILES string of the molecule is NC(=O)/C=C(\S)n1ncc2cc(-c3ccc(C4CC4)nc3)ccc21. The standard InChI is InChI=1S/C18H16N4OS/c19-17(23)8-18(24)22-16-6-4-12(7-14(16)10-21-22)13-3-5-15(20-9-13)11-1-2-11/h3-11,24H,1-2H2,(H2,19,23)/b18-8-. The van der Waals surface area contributed by atoms with Crippen LogP contribution in [0.1, 0.15) is 24.5 Å². The van der Waals surface area contributed by atoms with Gasteiger partial charge in [0, 0.05) is 34.8 Å². The van der Waals surface area contributed by atoms with Gasteiger partial charge in [-0.3, -0.25) is 9.78 Å². The number of nitrogens with zero attached hydrogens (tertiary/aromatic N) is 3. The highest BCUT2D eigenvalue weighted by Crippen LogP contribution is 2.39. The van der Waals surface area contributed by atoms with Gasteiger partial charge in [-0.15, -0.1) is 12.6 Å². The smallest absolute Gasteiger partial charge is 0.244 e. The van der Waals surface area contributed by atoms with Crippen molar-refractivity contribution < 1.29 is 4.79 Å². The average molecular weight is 336 g/mol. The normalized spacial score (nSPS) is 15.0. The Kier molecular flexibility index (Phi) is 3.61. The van der Waals surface area contributed by atoms with Crippen molar-refractivity contribution in [2.24, 2.45) is 5.73 Å². The molecule has 1 amide bonds. The summed E-state index contributed by atoms with van der Waals surface area (Å²) in [5.74, 6) is 0.104. The molecule has 2 N–H and O–H groups in total. The minimum atomic E-state index is -0.554. The Morgan fingerprint density at radius 1 is 1.21 bits per heavy atom. The molecule has 5 nitrogen and oxygen atoms in total. The van der Waals surface area contributed by atoms with Crippen molar-refractivity contribution in [3.8, 4) is 11.1 Å². The van der Waals surface area contributed by atoms with Gasteiger partial charge in [-0.25, -0.2) is 4.68 Å². The van der Waals surface area contributed by atoms with Gasteiger partial charge in [0.2, 0.25) is 5.91 Å². The van der Waals surface area contributed by atoms with E-state index in [-0.39, 0.29) is 0 Å². The van der Waals surface area contributed by atoms with E-state index in [1.165, 1.54) is 24.6 Å². The third kappa shape index (κ3) is 2.80. The Labute approximate surface area is 144 Å². The number of pyridine rings is 1. The molecule has 0 unspecified atom stereocenters. The molecular formula is C18H16N4OS. The summed E-state index contributed by atoms with van der Waals surface area (Å²) in [6, 6.07) is 10.3. The number of carbonyl (C=O) groups is 1. The van der Waals surface area contributed by atoms with Gasteiger partial charge >= 0.3 is 0 Å². The number of carbonyl (C=O) groups excluding carboxylic acids is 1. The van der Waals surface area contributed by atoms with E-state index in [1.54, 1.807) is 10.9 Å². The summed E-state index contributed by atoms with van der Waals surface area (Å²) in [6.07, 6.45) is 7.42. The Bertz CT molecular complexity index is 955.